The monoisotopic (exact) mass is 356 g/mol. The number of H-pyrrole nitrogens is 1. The SMILES string of the molecule is C[C@@H]1C[C@@H]2N3CCc4c([nH]c5ccccc45)[C@@H]3CC[C@@]2(c2ccccc2)C1. The van der Waals surface area contributed by atoms with E-state index in [2.05, 4.69) is 71.4 Å². The number of benzene rings is 2. The normalized spacial score (nSPS) is 32.9. The average Bonchev–Trinajstić information content (AvgIpc) is 3.26. The smallest absolute Gasteiger partial charge is 0.0505 e. The van der Waals surface area contributed by atoms with Crippen molar-refractivity contribution in [3.63, 3.8) is 0 Å². The minimum Gasteiger partial charge on any atom is -0.357 e. The second kappa shape index (κ2) is 5.72. The summed E-state index contributed by atoms with van der Waals surface area (Å²) in [5.74, 6) is 0.818. The van der Waals surface area contributed by atoms with Crippen LogP contribution in [0.5, 0.6) is 0 Å². The highest BCUT2D eigenvalue weighted by atomic mass is 15.2. The van der Waals surface area contributed by atoms with Crippen LogP contribution in [0, 0.1) is 5.92 Å². The zero-order valence-electron chi connectivity index (χ0n) is 16.1. The fourth-order valence-corrected chi connectivity index (χ4v) is 6.81. The maximum atomic E-state index is 3.82. The second-order valence-corrected chi connectivity index (χ2v) is 9.19. The number of rotatable bonds is 1. The average molecular weight is 357 g/mol. The maximum absolute atomic E-state index is 3.82. The van der Waals surface area contributed by atoms with E-state index in [9.17, 15) is 0 Å². The molecule has 1 saturated carbocycles. The van der Waals surface area contributed by atoms with E-state index >= 15 is 0 Å². The van der Waals surface area contributed by atoms with Gasteiger partial charge in [0.15, 0.2) is 0 Å². The molecule has 27 heavy (non-hydrogen) atoms. The Labute approximate surface area is 161 Å². The fourth-order valence-electron chi connectivity index (χ4n) is 6.81. The Kier molecular flexibility index (Phi) is 3.38. The van der Waals surface area contributed by atoms with Crippen LogP contribution in [0.1, 0.15) is 55.5 Å². The Bertz CT molecular complexity index is 988. The van der Waals surface area contributed by atoms with Gasteiger partial charge in [0.2, 0.25) is 0 Å². The van der Waals surface area contributed by atoms with Crippen molar-refractivity contribution in [2.45, 2.75) is 56.5 Å². The quantitative estimate of drug-likeness (QED) is 0.601. The van der Waals surface area contributed by atoms with E-state index in [1.807, 2.05) is 0 Å². The molecule has 1 aromatic heterocycles. The standard InChI is InChI=1S/C25H28N2/c1-17-15-23-25(16-17,18-7-3-2-4-8-18)13-11-22-24-20(12-14-27(22)23)19-9-5-6-10-21(19)26-24/h2-10,17,22-23,26H,11-16H2,1H3/t17-,22+,23+,25+/m1/s1. The summed E-state index contributed by atoms with van der Waals surface area (Å²) in [7, 11) is 0. The molecule has 6 rings (SSSR count). The van der Waals surface area contributed by atoms with Gasteiger partial charge in [0.25, 0.3) is 0 Å². The van der Waals surface area contributed by atoms with E-state index in [0.29, 0.717) is 17.5 Å². The molecule has 3 aromatic rings. The highest BCUT2D eigenvalue weighted by Crippen LogP contribution is 2.56. The summed E-state index contributed by atoms with van der Waals surface area (Å²) in [6.07, 6.45) is 6.48. The van der Waals surface area contributed by atoms with Crippen molar-refractivity contribution >= 4 is 10.9 Å². The molecule has 0 unspecified atom stereocenters. The van der Waals surface area contributed by atoms with Crippen molar-refractivity contribution in [1.82, 2.24) is 9.88 Å². The molecule has 0 radical (unpaired) electrons. The molecule has 2 aliphatic heterocycles. The topological polar surface area (TPSA) is 19.0 Å². The van der Waals surface area contributed by atoms with Gasteiger partial charge < -0.3 is 4.98 Å². The summed E-state index contributed by atoms with van der Waals surface area (Å²) in [5.41, 5.74) is 6.37. The largest absolute Gasteiger partial charge is 0.357 e. The van der Waals surface area contributed by atoms with Crippen LogP contribution < -0.4 is 0 Å². The van der Waals surface area contributed by atoms with Crippen LogP contribution in [0.3, 0.4) is 0 Å². The molecule has 2 aromatic carbocycles. The van der Waals surface area contributed by atoms with Crippen molar-refractivity contribution in [1.29, 1.82) is 0 Å². The molecule has 1 N–H and O–H groups in total. The molecule has 0 amide bonds. The van der Waals surface area contributed by atoms with Crippen molar-refractivity contribution < 1.29 is 0 Å². The number of para-hydroxylation sites is 1. The van der Waals surface area contributed by atoms with Gasteiger partial charge in [-0.3, -0.25) is 4.90 Å². The number of hydrogen-bond donors (Lipinski definition) is 1. The molecule has 1 saturated heterocycles. The Hall–Kier alpha value is -2.06. The molecule has 1 aliphatic carbocycles. The first-order valence-corrected chi connectivity index (χ1v) is 10.7. The summed E-state index contributed by atoms with van der Waals surface area (Å²) >= 11 is 0. The fraction of sp³-hybridized carbons (Fsp3) is 0.440. The third-order valence-electron chi connectivity index (χ3n) is 7.79. The Morgan fingerprint density at radius 2 is 1.85 bits per heavy atom. The van der Waals surface area contributed by atoms with Gasteiger partial charge in [0.1, 0.15) is 0 Å². The molecule has 0 spiro atoms. The van der Waals surface area contributed by atoms with Crippen LogP contribution in [0.2, 0.25) is 0 Å². The van der Waals surface area contributed by atoms with E-state index in [1.165, 1.54) is 55.2 Å². The van der Waals surface area contributed by atoms with Gasteiger partial charge in [-0.2, -0.15) is 0 Å². The van der Waals surface area contributed by atoms with Crippen molar-refractivity contribution in [3.8, 4) is 0 Å². The lowest BCUT2D eigenvalue weighted by molar-refractivity contribution is 0.0259. The molecule has 2 nitrogen and oxygen atoms in total. The summed E-state index contributed by atoms with van der Waals surface area (Å²) in [4.78, 5) is 6.70. The molecule has 4 atom stereocenters. The van der Waals surface area contributed by atoms with Gasteiger partial charge in [-0.05, 0) is 55.2 Å². The van der Waals surface area contributed by atoms with E-state index in [1.54, 1.807) is 11.1 Å². The maximum Gasteiger partial charge on any atom is 0.0505 e. The first-order valence-electron chi connectivity index (χ1n) is 10.7. The number of nitrogens with zero attached hydrogens (tertiary/aromatic N) is 1. The molecule has 138 valence electrons. The van der Waals surface area contributed by atoms with Crippen LogP contribution in [0.4, 0.5) is 0 Å². The number of nitrogens with one attached hydrogen (secondary N) is 1. The molecule has 3 aliphatic rings. The van der Waals surface area contributed by atoms with Crippen LogP contribution in [-0.4, -0.2) is 22.5 Å². The van der Waals surface area contributed by atoms with Gasteiger partial charge in [0.05, 0.1) is 6.04 Å². The van der Waals surface area contributed by atoms with Crippen molar-refractivity contribution in [2.75, 3.05) is 6.54 Å². The van der Waals surface area contributed by atoms with Crippen LogP contribution >= 0.6 is 0 Å². The first kappa shape index (κ1) is 15.9. The molecule has 2 heteroatoms. The number of aromatic nitrogens is 1. The highest BCUT2D eigenvalue weighted by Gasteiger charge is 2.54. The zero-order chi connectivity index (χ0) is 18.0. The number of hydrogen-bond acceptors (Lipinski definition) is 1. The molecule has 3 heterocycles. The van der Waals surface area contributed by atoms with Crippen molar-refractivity contribution in [3.05, 3.63) is 71.4 Å². The lowest BCUT2D eigenvalue weighted by Gasteiger charge is -2.52. The van der Waals surface area contributed by atoms with E-state index in [4.69, 9.17) is 0 Å². The van der Waals surface area contributed by atoms with E-state index in [-0.39, 0.29) is 0 Å². The molecule has 2 fully saturated rings. The number of piperidine rings is 1. The van der Waals surface area contributed by atoms with E-state index < -0.39 is 0 Å². The van der Waals surface area contributed by atoms with Gasteiger partial charge >= 0.3 is 0 Å². The molecular formula is C25H28N2. The predicted molar refractivity (Wildman–Crippen MR) is 111 cm³/mol. The van der Waals surface area contributed by atoms with Gasteiger partial charge in [0, 0.05) is 34.6 Å². The summed E-state index contributed by atoms with van der Waals surface area (Å²) < 4.78 is 0. The Balaban J connectivity index is 1.45. The van der Waals surface area contributed by atoms with Gasteiger partial charge in [-0.15, -0.1) is 0 Å². The van der Waals surface area contributed by atoms with Crippen LogP contribution in [0.25, 0.3) is 10.9 Å². The first-order chi connectivity index (χ1) is 13.3. The van der Waals surface area contributed by atoms with Crippen LogP contribution in [0.15, 0.2) is 54.6 Å². The van der Waals surface area contributed by atoms with E-state index in [0.717, 1.165) is 5.92 Å². The lowest BCUT2D eigenvalue weighted by Crippen LogP contribution is -2.55. The second-order valence-electron chi connectivity index (χ2n) is 9.19. The Morgan fingerprint density at radius 1 is 1.04 bits per heavy atom. The highest BCUT2D eigenvalue weighted by molar-refractivity contribution is 5.85. The van der Waals surface area contributed by atoms with Gasteiger partial charge in [-0.1, -0.05) is 55.5 Å². The van der Waals surface area contributed by atoms with Crippen LogP contribution in [-0.2, 0) is 11.8 Å². The van der Waals surface area contributed by atoms with Crippen molar-refractivity contribution in [2.24, 2.45) is 5.92 Å². The Morgan fingerprint density at radius 3 is 2.74 bits per heavy atom. The zero-order valence-corrected chi connectivity index (χ0v) is 16.1. The minimum atomic E-state index is 0.362. The van der Waals surface area contributed by atoms with Gasteiger partial charge in [-0.25, -0.2) is 0 Å². The lowest BCUT2D eigenvalue weighted by atomic mass is 9.67. The number of aromatic amines is 1. The predicted octanol–water partition coefficient (Wildman–Crippen LogP) is 5.60. The summed E-state index contributed by atoms with van der Waals surface area (Å²) in [5, 5.41) is 1.45. The molecular weight excluding hydrogens is 328 g/mol. The summed E-state index contributed by atoms with van der Waals surface area (Å²) in [6.45, 7) is 3.68. The summed E-state index contributed by atoms with van der Waals surface area (Å²) in [6, 6.07) is 21.6. The molecule has 0 bridgehead atoms. The third kappa shape index (κ3) is 2.17. The minimum absolute atomic E-state index is 0.362. The third-order valence-corrected chi connectivity index (χ3v) is 7.79. The number of fused-ring (bicyclic) bond motifs is 7.